The Hall–Kier alpha value is -1.00. The summed E-state index contributed by atoms with van der Waals surface area (Å²) in [4.78, 5) is 2.46. The molecule has 0 radical (unpaired) electrons. The lowest BCUT2D eigenvalue weighted by molar-refractivity contribution is 0.151. The molecule has 0 saturated carbocycles. The Bertz CT molecular complexity index is 376. The molecule has 1 aliphatic rings. The van der Waals surface area contributed by atoms with Crippen molar-refractivity contribution in [2.45, 2.75) is 32.2 Å². The number of piperidine rings is 1. The number of hydrogen-bond donors (Lipinski definition) is 1. The van der Waals surface area contributed by atoms with Gasteiger partial charge in [0.05, 0.1) is 0 Å². The van der Waals surface area contributed by atoms with E-state index in [1.165, 1.54) is 38.4 Å². The maximum atomic E-state index is 12.6. The van der Waals surface area contributed by atoms with Crippen LogP contribution in [0.1, 0.15) is 36.8 Å². The summed E-state index contributed by atoms with van der Waals surface area (Å²) < 4.78 is 25.1. The molecule has 19 heavy (non-hydrogen) atoms. The van der Waals surface area contributed by atoms with Gasteiger partial charge in [-0.1, -0.05) is 24.6 Å². The van der Waals surface area contributed by atoms with E-state index in [0.717, 1.165) is 18.7 Å². The van der Waals surface area contributed by atoms with Gasteiger partial charge in [-0.05, 0) is 37.6 Å². The van der Waals surface area contributed by atoms with E-state index in [1.54, 1.807) is 12.1 Å². The van der Waals surface area contributed by atoms with Crippen LogP contribution >= 0.6 is 0 Å². The molecule has 0 amide bonds. The van der Waals surface area contributed by atoms with Crippen molar-refractivity contribution < 1.29 is 8.78 Å². The van der Waals surface area contributed by atoms with Gasteiger partial charge < -0.3 is 10.2 Å². The minimum Gasteiger partial charge on any atom is -0.311 e. The topological polar surface area (TPSA) is 15.3 Å². The van der Waals surface area contributed by atoms with Crippen LogP contribution in [0.5, 0.6) is 0 Å². The third-order valence-electron chi connectivity index (χ3n) is 3.59. The van der Waals surface area contributed by atoms with Crippen LogP contribution in [-0.2, 0) is 6.54 Å². The molecule has 4 heteroatoms. The molecule has 0 bridgehead atoms. The first kappa shape index (κ1) is 14.4. The summed E-state index contributed by atoms with van der Waals surface area (Å²) in [6.07, 6.45) is 1.57. The van der Waals surface area contributed by atoms with Gasteiger partial charge in [0, 0.05) is 25.2 Å². The van der Waals surface area contributed by atoms with Crippen molar-refractivity contribution in [1.29, 1.82) is 0 Å². The first-order valence-corrected chi connectivity index (χ1v) is 7.06. The minimum absolute atomic E-state index is 0.107. The number of benzene rings is 1. The standard InChI is InChI=1S/C15H22F2N2/c16-15(17)14-6-4-5-13(11-14)12-18-7-10-19-8-2-1-3-9-19/h4-6,11,15,18H,1-3,7-10,12H2. The number of rotatable bonds is 6. The van der Waals surface area contributed by atoms with Crippen LogP contribution in [0.2, 0.25) is 0 Å². The lowest BCUT2D eigenvalue weighted by Crippen LogP contribution is -2.35. The second-order valence-corrected chi connectivity index (χ2v) is 5.12. The number of alkyl halides is 2. The van der Waals surface area contributed by atoms with Gasteiger partial charge in [-0.15, -0.1) is 0 Å². The summed E-state index contributed by atoms with van der Waals surface area (Å²) in [6.45, 7) is 5.02. The molecule has 1 aromatic carbocycles. The first-order chi connectivity index (χ1) is 9.25. The van der Waals surface area contributed by atoms with Crippen molar-refractivity contribution in [3.05, 3.63) is 35.4 Å². The van der Waals surface area contributed by atoms with E-state index in [4.69, 9.17) is 0 Å². The van der Waals surface area contributed by atoms with Gasteiger partial charge in [-0.2, -0.15) is 0 Å². The zero-order valence-electron chi connectivity index (χ0n) is 11.2. The second-order valence-electron chi connectivity index (χ2n) is 5.12. The second kappa shape index (κ2) is 7.56. The molecule has 106 valence electrons. The summed E-state index contributed by atoms with van der Waals surface area (Å²) in [7, 11) is 0. The monoisotopic (exact) mass is 268 g/mol. The molecule has 0 aromatic heterocycles. The Morgan fingerprint density at radius 1 is 1.16 bits per heavy atom. The zero-order chi connectivity index (χ0) is 13.5. The van der Waals surface area contributed by atoms with Crippen molar-refractivity contribution in [2.24, 2.45) is 0 Å². The molecular formula is C15H22F2N2. The maximum absolute atomic E-state index is 12.6. The minimum atomic E-state index is -2.38. The molecule has 1 N–H and O–H groups in total. The SMILES string of the molecule is FC(F)c1cccc(CNCCN2CCCCC2)c1. The van der Waals surface area contributed by atoms with Gasteiger partial charge >= 0.3 is 0 Å². The van der Waals surface area contributed by atoms with Crippen LogP contribution in [0, 0.1) is 0 Å². The number of nitrogens with one attached hydrogen (secondary N) is 1. The summed E-state index contributed by atoms with van der Waals surface area (Å²) in [5.41, 5.74) is 1.03. The van der Waals surface area contributed by atoms with Crippen LogP contribution in [-0.4, -0.2) is 31.1 Å². The number of likely N-dealkylation sites (tertiary alicyclic amines) is 1. The fraction of sp³-hybridized carbons (Fsp3) is 0.600. The van der Waals surface area contributed by atoms with Crippen LogP contribution < -0.4 is 5.32 Å². The number of halogens is 2. The molecule has 0 unspecified atom stereocenters. The maximum Gasteiger partial charge on any atom is 0.263 e. The third kappa shape index (κ3) is 4.88. The van der Waals surface area contributed by atoms with E-state index >= 15 is 0 Å². The molecule has 1 aromatic rings. The largest absolute Gasteiger partial charge is 0.311 e. The van der Waals surface area contributed by atoms with Gasteiger partial charge in [0.2, 0.25) is 0 Å². The summed E-state index contributed by atoms with van der Waals surface area (Å²) in [6, 6.07) is 6.64. The van der Waals surface area contributed by atoms with E-state index < -0.39 is 6.43 Å². The van der Waals surface area contributed by atoms with Crippen LogP contribution in [0.4, 0.5) is 8.78 Å². The average Bonchev–Trinajstić information content (AvgIpc) is 2.45. The van der Waals surface area contributed by atoms with E-state index in [-0.39, 0.29) is 5.56 Å². The van der Waals surface area contributed by atoms with Crippen molar-refractivity contribution in [2.75, 3.05) is 26.2 Å². The fourth-order valence-corrected chi connectivity index (χ4v) is 2.49. The highest BCUT2D eigenvalue weighted by molar-refractivity contribution is 5.24. The van der Waals surface area contributed by atoms with Gasteiger partial charge in [0.15, 0.2) is 0 Å². The van der Waals surface area contributed by atoms with E-state index in [2.05, 4.69) is 10.2 Å². The van der Waals surface area contributed by atoms with Crippen LogP contribution in [0.3, 0.4) is 0 Å². The molecular weight excluding hydrogens is 246 g/mol. The molecule has 0 spiro atoms. The molecule has 2 rings (SSSR count). The molecule has 0 atom stereocenters. The van der Waals surface area contributed by atoms with Crippen molar-refractivity contribution in [1.82, 2.24) is 10.2 Å². The van der Waals surface area contributed by atoms with E-state index in [9.17, 15) is 8.78 Å². The number of hydrogen-bond acceptors (Lipinski definition) is 2. The van der Waals surface area contributed by atoms with E-state index in [0.29, 0.717) is 6.54 Å². The highest BCUT2D eigenvalue weighted by Crippen LogP contribution is 2.19. The smallest absolute Gasteiger partial charge is 0.263 e. The first-order valence-electron chi connectivity index (χ1n) is 7.06. The molecule has 1 fully saturated rings. The third-order valence-corrected chi connectivity index (χ3v) is 3.59. The zero-order valence-corrected chi connectivity index (χ0v) is 11.2. The Morgan fingerprint density at radius 2 is 1.95 bits per heavy atom. The van der Waals surface area contributed by atoms with Crippen molar-refractivity contribution >= 4 is 0 Å². The highest BCUT2D eigenvalue weighted by Gasteiger charge is 2.09. The lowest BCUT2D eigenvalue weighted by atomic mass is 10.1. The Balaban J connectivity index is 1.68. The van der Waals surface area contributed by atoms with Crippen LogP contribution in [0.25, 0.3) is 0 Å². The average molecular weight is 268 g/mol. The Labute approximate surface area is 113 Å². The predicted octanol–water partition coefficient (Wildman–Crippen LogP) is 3.20. The molecule has 0 aliphatic carbocycles. The summed E-state index contributed by atoms with van der Waals surface area (Å²) >= 11 is 0. The Kier molecular flexibility index (Phi) is 5.73. The highest BCUT2D eigenvalue weighted by atomic mass is 19.3. The van der Waals surface area contributed by atoms with Crippen LogP contribution in [0.15, 0.2) is 24.3 Å². The van der Waals surface area contributed by atoms with Gasteiger partial charge in [0.25, 0.3) is 6.43 Å². The molecule has 2 nitrogen and oxygen atoms in total. The lowest BCUT2D eigenvalue weighted by Gasteiger charge is -2.26. The normalized spacial score (nSPS) is 17.0. The Morgan fingerprint density at radius 3 is 2.68 bits per heavy atom. The quantitative estimate of drug-likeness (QED) is 0.797. The molecule has 1 heterocycles. The number of nitrogens with zero attached hydrogens (tertiary/aromatic N) is 1. The van der Waals surface area contributed by atoms with Crippen molar-refractivity contribution in [3.8, 4) is 0 Å². The summed E-state index contributed by atoms with van der Waals surface area (Å²) in [5.74, 6) is 0. The van der Waals surface area contributed by atoms with Gasteiger partial charge in [0.1, 0.15) is 0 Å². The fourth-order valence-electron chi connectivity index (χ4n) is 2.49. The van der Waals surface area contributed by atoms with Gasteiger partial charge in [-0.25, -0.2) is 8.78 Å². The predicted molar refractivity (Wildman–Crippen MR) is 73.4 cm³/mol. The molecule has 1 aliphatic heterocycles. The van der Waals surface area contributed by atoms with Crippen molar-refractivity contribution in [3.63, 3.8) is 0 Å². The van der Waals surface area contributed by atoms with Gasteiger partial charge in [-0.3, -0.25) is 0 Å². The summed E-state index contributed by atoms with van der Waals surface area (Å²) in [5, 5.41) is 3.33. The van der Waals surface area contributed by atoms with E-state index in [1.807, 2.05) is 6.07 Å². The molecule has 1 saturated heterocycles.